The Morgan fingerprint density at radius 2 is 2.29 bits per heavy atom. The zero-order chi connectivity index (χ0) is 12.4. The van der Waals surface area contributed by atoms with E-state index in [-0.39, 0.29) is 11.1 Å². The number of pyridine rings is 1. The average molecular weight is 273 g/mol. The summed E-state index contributed by atoms with van der Waals surface area (Å²) < 4.78 is 0. The van der Waals surface area contributed by atoms with Crippen molar-refractivity contribution in [2.45, 2.75) is 19.8 Å². The Balaban J connectivity index is 2.15. The monoisotopic (exact) mass is 272 g/mol. The highest BCUT2D eigenvalue weighted by atomic mass is 35.5. The first-order valence-corrected chi connectivity index (χ1v) is 6.48. The molecule has 0 saturated carbocycles. The van der Waals surface area contributed by atoms with E-state index < -0.39 is 0 Å². The highest BCUT2D eigenvalue weighted by molar-refractivity contribution is 6.34. The molecule has 2 heterocycles. The smallest absolute Gasteiger partial charge is 0.256 e. The van der Waals surface area contributed by atoms with Crippen LogP contribution in [0.4, 0.5) is 0 Å². The van der Waals surface area contributed by atoms with Gasteiger partial charge in [-0.3, -0.25) is 4.79 Å². The Bertz CT molecular complexity index is 437. The van der Waals surface area contributed by atoms with E-state index in [1.807, 2.05) is 4.90 Å². The van der Waals surface area contributed by atoms with E-state index in [9.17, 15) is 4.79 Å². The van der Waals surface area contributed by atoms with Crippen molar-refractivity contribution in [2.75, 3.05) is 13.1 Å². The third-order valence-electron chi connectivity index (χ3n) is 3.20. The number of aromatic nitrogens is 1. The number of likely N-dealkylation sites (tertiary alicyclic amines) is 1. The Hall–Kier alpha value is -0.800. The van der Waals surface area contributed by atoms with Gasteiger partial charge in [0.15, 0.2) is 0 Å². The number of halogens is 2. The molecule has 17 heavy (non-hydrogen) atoms. The summed E-state index contributed by atoms with van der Waals surface area (Å²) in [6.45, 7) is 3.76. The minimum Gasteiger partial charge on any atom is -0.338 e. The lowest BCUT2D eigenvalue weighted by molar-refractivity contribution is 0.0786. The van der Waals surface area contributed by atoms with E-state index in [4.69, 9.17) is 23.2 Å². The number of carbonyl (C=O) groups excluding carboxylic acids is 1. The fraction of sp³-hybridized carbons (Fsp3) is 0.500. The molecule has 92 valence electrons. The second-order valence-electron chi connectivity index (χ2n) is 4.29. The highest BCUT2D eigenvalue weighted by Gasteiger charge is 2.27. The second-order valence-corrected chi connectivity index (χ2v) is 5.03. The first-order valence-electron chi connectivity index (χ1n) is 5.73. The molecule has 1 aromatic rings. The predicted octanol–water partition coefficient (Wildman–Crippen LogP) is 3.26. The van der Waals surface area contributed by atoms with Gasteiger partial charge >= 0.3 is 0 Å². The summed E-state index contributed by atoms with van der Waals surface area (Å²) in [5, 5.41) is 0.488. The molecule has 3 nitrogen and oxygen atoms in total. The quantitative estimate of drug-likeness (QED) is 0.775. The lowest BCUT2D eigenvalue weighted by Crippen LogP contribution is -2.29. The molecule has 1 aliphatic rings. The van der Waals surface area contributed by atoms with Crippen molar-refractivity contribution >= 4 is 29.1 Å². The summed E-state index contributed by atoms with van der Waals surface area (Å²) in [7, 11) is 0. The maximum absolute atomic E-state index is 12.2. The van der Waals surface area contributed by atoms with E-state index in [2.05, 4.69) is 11.9 Å². The summed E-state index contributed by atoms with van der Waals surface area (Å²) in [5.74, 6) is 0.563. The van der Waals surface area contributed by atoms with Crippen molar-refractivity contribution < 1.29 is 4.79 Å². The first-order chi connectivity index (χ1) is 8.11. The van der Waals surface area contributed by atoms with Gasteiger partial charge in [0.05, 0.1) is 5.56 Å². The topological polar surface area (TPSA) is 33.2 Å². The van der Waals surface area contributed by atoms with Crippen LogP contribution in [0, 0.1) is 5.92 Å². The van der Waals surface area contributed by atoms with Gasteiger partial charge in [0.1, 0.15) is 10.3 Å². The molecule has 1 atom stereocenters. The predicted molar refractivity (Wildman–Crippen MR) is 68.6 cm³/mol. The van der Waals surface area contributed by atoms with Crippen molar-refractivity contribution in [3.63, 3.8) is 0 Å². The van der Waals surface area contributed by atoms with Crippen molar-refractivity contribution in [1.82, 2.24) is 9.88 Å². The lowest BCUT2D eigenvalue weighted by atomic mass is 10.1. The molecule has 2 rings (SSSR count). The summed E-state index contributed by atoms with van der Waals surface area (Å²) in [6.07, 6.45) is 2.18. The van der Waals surface area contributed by atoms with Gasteiger partial charge in [-0.05, 0) is 24.5 Å². The van der Waals surface area contributed by atoms with E-state index in [0.717, 1.165) is 25.9 Å². The number of hydrogen-bond donors (Lipinski definition) is 0. The molecule has 1 aromatic heterocycles. The van der Waals surface area contributed by atoms with Crippen LogP contribution in [0.1, 0.15) is 30.1 Å². The Kier molecular flexibility index (Phi) is 3.89. The average Bonchev–Trinajstić information content (AvgIpc) is 2.76. The zero-order valence-corrected chi connectivity index (χ0v) is 11.1. The van der Waals surface area contributed by atoms with Gasteiger partial charge in [-0.15, -0.1) is 0 Å². The molecule has 0 spiro atoms. The molecule has 0 N–H and O–H groups in total. The summed E-state index contributed by atoms with van der Waals surface area (Å²) in [4.78, 5) is 17.9. The second kappa shape index (κ2) is 5.23. The molecule has 1 saturated heterocycles. The normalized spacial score (nSPS) is 19.7. The van der Waals surface area contributed by atoms with Crippen LogP contribution in [0.15, 0.2) is 12.1 Å². The molecular formula is C12H14Cl2N2O. The van der Waals surface area contributed by atoms with E-state index in [0.29, 0.717) is 16.6 Å². The number of carbonyl (C=O) groups is 1. The van der Waals surface area contributed by atoms with Crippen LogP contribution in [0.5, 0.6) is 0 Å². The summed E-state index contributed by atoms with van der Waals surface area (Å²) >= 11 is 11.6. The van der Waals surface area contributed by atoms with E-state index in [1.165, 1.54) is 0 Å². The molecule has 5 heteroatoms. The number of hydrogen-bond acceptors (Lipinski definition) is 2. The van der Waals surface area contributed by atoms with E-state index >= 15 is 0 Å². The first kappa shape index (κ1) is 12.7. The third kappa shape index (κ3) is 2.72. The fourth-order valence-corrected chi connectivity index (χ4v) is 2.52. The van der Waals surface area contributed by atoms with E-state index in [1.54, 1.807) is 12.1 Å². The van der Waals surface area contributed by atoms with Crippen LogP contribution in [-0.4, -0.2) is 28.9 Å². The Morgan fingerprint density at radius 3 is 2.88 bits per heavy atom. The lowest BCUT2D eigenvalue weighted by Gasteiger charge is -2.16. The van der Waals surface area contributed by atoms with Crippen LogP contribution < -0.4 is 0 Å². The van der Waals surface area contributed by atoms with Gasteiger partial charge in [-0.1, -0.05) is 36.5 Å². The minimum atomic E-state index is -0.0462. The van der Waals surface area contributed by atoms with Crippen LogP contribution in [0.25, 0.3) is 0 Å². The SMILES string of the molecule is CCC1CCN(C(=O)c2ccc(Cl)nc2Cl)C1. The molecular weight excluding hydrogens is 259 g/mol. The molecule has 1 amide bonds. The molecule has 0 aliphatic carbocycles. The van der Waals surface area contributed by atoms with Crippen molar-refractivity contribution in [1.29, 1.82) is 0 Å². The van der Waals surface area contributed by atoms with Gasteiger partial charge in [0.2, 0.25) is 0 Å². The third-order valence-corrected chi connectivity index (χ3v) is 3.69. The summed E-state index contributed by atoms with van der Waals surface area (Å²) in [6, 6.07) is 3.23. The molecule has 1 aliphatic heterocycles. The van der Waals surface area contributed by atoms with Crippen LogP contribution in [0.3, 0.4) is 0 Å². The van der Waals surface area contributed by atoms with Gasteiger partial charge in [0, 0.05) is 13.1 Å². The molecule has 0 radical (unpaired) electrons. The minimum absolute atomic E-state index is 0.0462. The van der Waals surface area contributed by atoms with Crippen LogP contribution in [0.2, 0.25) is 10.3 Å². The Morgan fingerprint density at radius 1 is 1.53 bits per heavy atom. The van der Waals surface area contributed by atoms with Crippen molar-refractivity contribution in [3.8, 4) is 0 Å². The Labute approximate surface area is 111 Å². The van der Waals surface area contributed by atoms with Crippen molar-refractivity contribution in [3.05, 3.63) is 28.0 Å². The highest BCUT2D eigenvalue weighted by Crippen LogP contribution is 2.24. The van der Waals surface area contributed by atoms with Gasteiger partial charge in [-0.25, -0.2) is 4.98 Å². The van der Waals surface area contributed by atoms with Crippen molar-refractivity contribution in [2.24, 2.45) is 5.92 Å². The largest absolute Gasteiger partial charge is 0.338 e. The number of nitrogens with zero attached hydrogens (tertiary/aromatic N) is 2. The van der Waals surface area contributed by atoms with Gasteiger partial charge < -0.3 is 4.90 Å². The maximum Gasteiger partial charge on any atom is 0.256 e. The number of rotatable bonds is 2. The van der Waals surface area contributed by atoms with Crippen LogP contribution >= 0.6 is 23.2 Å². The zero-order valence-electron chi connectivity index (χ0n) is 9.62. The summed E-state index contributed by atoms with van der Waals surface area (Å²) in [5.41, 5.74) is 0.438. The maximum atomic E-state index is 12.2. The standard InChI is InChI=1S/C12H14Cl2N2O/c1-2-8-5-6-16(7-8)12(17)9-3-4-10(13)15-11(9)14/h3-4,8H,2,5-7H2,1H3. The van der Waals surface area contributed by atoms with Gasteiger partial charge in [-0.2, -0.15) is 0 Å². The molecule has 1 unspecified atom stereocenters. The fourth-order valence-electron chi connectivity index (χ4n) is 2.09. The molecule has 0 aromatic carbocycles. The molecule has 0 bridgehead atoms. The van der Waals surface area contributed by atoms with Gasteiger partial charge in [0.25, 0.3) is 5.91 Å². The number of amides is 1. The van der Waals surface area contributed by atoms with Crippen LogP contribution in [-0.2, 0) is 0 Å². The molecule has 1 fully saturated rings.